The number of nitrogens with one attached hydrogen (secondary N) is 2. The summed E-state index contributed by atoms with van der Waals surface area (Å²) in [6, 6.07) is 1.50. The van der Waals surface area contributed by atoms with Crippen molar-refractivity contribution >= 4 is 39.4 Å². The number of phenolic OH excluding ortho intramolecular Hbond substituents is 1. The molecule has 0 saturated heterocycles. The van der Waals surface area contributed by atoms with E-state index in [0.717, 1.165) is 11.3 Å². The SMILES string of the molecule is Cc1c(O)cc2sc(=O)[nH]c2c1NN=CCC(=O)O. The maximum Gasteiger partial charge on any atom is 0.308 e. The molecule has 0 saturated carbocycles. The van der Waals surface area contributed by atoms with Gasteiger partial charge in [-0.05, 0) is 13.0 Å². The summed E-state index contributed by atoms with van der Waals surface area (Å²) in [6.45, 7) is 1.67. The minimum atomic E-state index is -0.993. The van der Waals surface area contributed by atoms with Crippen molar-refractivity contribution < 1.29 is 15.0 Å². The highest BCUT2D eigenvalue weighted by Gasteiger charge is 2.12. The molecule has 1 aromatic carbocycles. The van der Waals surface area contributed by atoms with Gasteiger partial charge in [0.2, 0.25) is 0 Å². The molecule has 0 fully saturated rings. The lowest BCUT2D eigenvalue weighted by Gasteiger charge is -2.07. The third-order valence-corrected chi connectivity index (χ3v) is 3.32. The maximum absolute atomic E-state index is 11.3. The fourth-order valence-electron chi connectivity index (χ4n) is 1.55. The van der Waals surface area contributed by atoms with Gasteiger partial charge < -0.3 is 15.2 Å². The predicted molar refractivity (Wildman–Crippen MR) is 73.2 cm³/mol. The number of carbonyl (C=O) groups is 1. The zero-order chi connectivity index (χ0) is 14.0. The highest BCUT2D eigenvalue weighted by molar-refractivity contribution is 7.16. The number of nitrogens with zero attached hydrogens (tertiary/aromatic N) is 1. The van der Waals surface area contributed by atoms with Gasteiger partial charge in [0.1, 0.15) is 5.75 Å². The molecule has 1 heterocycles. The second-order valence-corrected chi connectivity index (χ2v) is 4.82. The number of hydrogen-bond donors (Lipinski definition) is 4. The first-order valence-electron chi connectivity index (χ1n) is 5.33. The third kappa shape index (κ3) is 2.74. The molecular weight excluding hydrogens is 270 g/mol. The topological polar surface area (TPSA) is 115 Å². The van der Waals surface area contributed by atoms with Crippen LogP contribution in [0.2, 0.25) is 0 Å². The zero-order valence-corrected chi connectivity index (χ0v) is 10.7. The molecule has 1 aromatic heterocycles. The van der Waals surface area contributed by atoms with Crippen molar-refractivity contribution in [1.82, 2.24) is 4.98 Å². The second kappa shape index (κ2) is 5.11. The highest BCUT2D eigenvalue weighted by atomic mass is 32.1. The van der Waals surface area contributed by atoms with Crippen LogP contribution in [-0.2, 0) is 4.79 Å². The summed E-state index contributed by atoms with van der Waals surface area (Å²) < 4.78 is 0.601. The molecule has 8 heteroatoms. The van der Waals surface area contributed by atoms with Crippen molar-refractivity contribution in [2.45, 2.75) is 13.3 Å². The van der Waals surface area contributed by atoms with Gasteiger partial charge in [-0.1, -0.05) is 11.3 Å². The average Bonchev–Trinajstić information content (AvgIpc) is 2.68. The number of thiazole rings is 1. The Hall–Kier alpha value is -2.35. The van der Waals surface area contributed by atoms with Crippen LogP contribution in [0.25, 0.3) is 10.2 Å². The van der Waals surface area contributed by atoms with Crippen LogP contribution in [-0.4, -0.2) is 27.4 Å². The summed E-state index contributed by atoms with van der Waals surface area (Å²) in [5.74, 6) is -0.953. The Morgan fingerprint density at radius 2 is 2.37 bits per heavy atom. The molecule has 0 atom stereocenters. The average molecular weight is 281 g/mol. The Kier molecular flexibility index (Phi) is 3.52. The Morgan fingerprint density at radius 1 is 1.63 bits per heavy atom. The van der Waals surface area contributed by atoms with E-state index in [9.17, 15) is 14.7 Å². The Labute approximate surface area is 111 Å². The van der Waals surface area contributed by atoms with Gasteiger partial charge in [0.05, 0.1) is 22.3 Å². The zero-order valence-electron chi connectivity index (χ0n) is 9.93. The van der Waals surface area contributed by atoms with Gasteiger partial charge in [-0.3, -0.25) is 15.0 Å². The van der Waals surface area contributed by atoms with Crippen molar-refractivity contribution in [3.05, 3.63) is 21.3 Å². The number of fused-ring (bicyclic) bond motifs is 1. The van der Waals surface area contributed by atoms with Crippen LogP contribution in [0.3, 0.4) is 0 Å². The van der Waals surface area contributed by atoms with E-state index >= 15 is 0 Å². The molecule has 0 radical (unpaired) electrons. The number of aromatic amines is 1. The van der Waals surface area contributed by atoms with Crippen LogP contribution in [0.1, 0.15) is 12.0 Å². The number of rotatable bonds is 4. The molecule has 7 nitrogen and oxygen atoms in total. The predicted octanol–water partition coefficient (Wildman–Crippen LogP) is 1.48. The van der Waals surface area contributed by atoms with Gasteiger partial charge in [0.25, 0.3) is 0 Å². The van der Waals surface area contributed by atoms with Crippen LogP contribution >= 0.6 is 11.3 Å². The molecule has 2 aromatic rings. The van der Waals surface area contributed by atoms with Crippen molar-refractivity contribution in [3.63, 3.8) is 0 Å². The molecule has 2 rings (SSSR count). The normalized spacial score (nSPS) is 11.2. The third-order valence-electron chi connectivity index (χ3n) is 2.49. The van der Waals surface area contributed by atoms with E-state index < -0.39 is 5.97 Å². The number of benzene rings is 1. The van der Waals surface area contributed by atoms with E-state index in [-0.39, 0.29) is 17.0 Å². The van der Waals surface area contributed by atoms with Crippen molar-refractivity contribution in [2.24, 2.45) is 5.10 Å². The lowest BCUT2D eigenvalue weighted by atomic mass is 10.1. The molecule has 19 heavy (non-hydrogen) atoms. The molecule has 0 bridgehead atoms. The molecular formula is C11H11N3O4S. The Balaban J connectivity index is 2.40. The van der Waals surface area contributed by atoms with Gasteiger partial charge >= 0.3 is 10.8 Å². The quantitative estimate of drug-likeness (QED) is 0.500. The number of carboxylic acids is 1. The van der Waals surface area contributed by atoms with Crippen LogP contribution in [0.5, 0.6) is 5.75 Å². The van der Waals surface area contributed by atoms with Gasteiger partial charge in [-0.25, -0.2) is 0 Å². The van der Waals surface area contributed by atoms with Crippen molar-refractivity contribution in [2.75, 3.05) is 5.43 Å². The first-order valence-corrected chi connectivity index (χ1v) is 6.15. The Morgan fingerprint density at radius 3 is 3.05 bits per heavy atom. The summed E-state index contributed by atoms with van der Waals surface area (Å²) >= 11 is 0.976. The monoisotopic (exact) mass is 281 g/mol. The summed E-state index contributed by atoms with van der Waals surface area (Å²) in [5, 5.41) is 22.0. The number of H-pyrrole nitrogens is 1. The second-order valence-electron chi connectivity index (χ2n) is 3.80. The first-order chi connectivity index (χ1) is 8.99. The standard InChI is InChI=1S/C11H11N3O4S/c1-5-6(15)4-7-10(13-11(18)19-7)9(5)14-12-3-2-8(16)17/h3-4,14-15H,2H2,1H3,(H,13,18)(H,16,17). The van der Waals surface area contributed by atoms with Gasteiger partial charge in [-0.15, -0.1) is 0 Å². The molecule has 100 valence electrons. The lowest BCUT2D eigenvalue weighted by molar-refractivity contribution is -0.135. The highest BCUT2D eigenvalue weighted by Crippen LogP contribution is 2.33. The molecule has 0 amide bonds. The molecule has 0 spiro atoms. The molecule has 0 aliphatic carbocycles. The lowest BCUT2D eigenvalue weighted by Crippen LogP contribution is -1.99. The van der Waals surface area contributed by atoms with Crippen LogP contribution < -0.4 is 10.3 Å². The molecule has 4 N–H and O–H groups in total. The van der Waals surface area contributed by atoms with Gasteiger partial charge in [0.15, 0.2) is 0 Å². The number of aromatic nitrogens is 1. The van der Waals surface area contributed by atoms with Crippen LogP contribution in [0, 0.1) is 6.92 Å². The Bertz CT molecular complexity index is 717. The fourth-order valence-corrected chi connectivity index (χ4v) is 2.33. The minimum absolute atomic E-state index is 0.0404. The maximum atomic E-state index is 11.3. The van der Waals surface area contributed by atoms with E-state index in [0.29, 0.717) is 21.5 Å². The molecule has 0 aliphatic heterocycles. The number of aromatic hydroxyl groups is 1. The number of hydrazone groups is 1. The van der Waals surface area contributed by atoms with E-state index in [1.165, 1.54) is 12.3 Å². The van der Waals surface area contributed by atoms with E-state index in [1.54, 1.807) is 6.92 Å². The van der Waals surface area contributed by atoms with Crippen molar-refractivity contribution in [1.29, 1.82) is 0 Å². The minimum Gasteiger partial charge on any atom is -0.508 e. The number of phenols is 1. The van der Waals surface area contributed by atoms with E-state index in [2.05, 4.69) is 15.5 Å². The molecule has 0 unspecified atom stereocenters. The van der Waals surface area contributed by atoms with Gasteiger partial charge in [-0.2, -0.15) is 5.10 Å². The largest absolute Gasteiger partial charge is 0.508 e. The summed E-state index contributed by atoms with van der Waals surface area (Å²) in [6.07, 6.45) is 0.982. The number of anilines is 1. The van der Waals surface area contributed by atoms with E-state index in [1.807, 2.05) is 0 Å². The van der Waals surface area contributed by atoms with E-state index in [4.69, 9.17) is 5.11 Å². The summed E-state index contributed by atoms with van der Waals surface area (Å²) in [4.78, 5) is 24.1. The number of aliphatic carboxylic acids is 1. The molecule has 0 aliphatic rings. The van der Waals surface area contributed by atoms with Crippen molar-refractivity contribution in [3.8, 4) is 5.75 Å². The fraction of sp³-hybridized carbons (Fsp3) is 0.182. The number of carboxylic acid groups (broad SMARTS) is 1. The summed E-state index contributed by atoms with van der Waals surface area (Å²) in [7, 11) is 0. The van der Waals surface area contributed by atoms with Gasteiger partial charge in [0, 0.05) is 11.8 Å². The van der Waals surface area contributed by atoms with Crippen LogP contribution in [0.4, 0.5) is 5.69 Å². The first kappa shape index (κ1) is 13.1. The van der Waals surface area contributed by atoms with Crippen LogP contribution in [0.15, 0.2) is 16.0 Å². The summed E-state index contributed by atoms with van der Waals surface area (Å²) in [5.41, 5.74) is 4.16. The number of hydrogen-bond acceptors (Lipinski definition) is 6. The smallest absolute Gasteiger partial charge is 0.308 e.